The minimum Gasteiger partial charge on any atom is -0.466 e. The van der Waals surface area contributed by atoms with E-state index in [1.54, 1.807) is 6.08 Å². The molecule has 1 rings (SSSR count). The number of esters is 1. The van der Waals surface area contributed by atoms with Crippen molar-refractivity contribution in [2.24, 2.45) is 0 Å². The lowest BCUT2D eigenvalue weighted by Gasteiger charge is -2.40. The van der Waals surface area contributed by atoms with E-state index in [-0.39, 0.29) is 18.5 Å². The first-order valence-electron chi connectivity index (χ1n) is 28.4. The average Bonchev–Trinajstić information content (AvgIpc) is 3.34. The van der Waals surface area contributed by atoms with Crippen LogP contribution in [0.5, 0.6) is 0 Å². The Morgan fingerprint density at radius 3 is 1.51 bits per heavy atom. The maximum Gasteiger partial charge on any atom is 0.305 e. The fourth-order valence-electron chi connectivity index (χ4n) is 8.57. The van der Waals surface area contributed by atoms with Crippen LogP contribution in [0.2, 0.25) is 0 Å². The lowest BCUT2D eigenvalue weighted by Crippen LogP contribution is -2.60. The highest BCUT2D eigenvalue weighted by atomic mass is 16.7. The molecule has 0 radical (unpaired) electrons. The number of ether oxygens (including phenoxy) is 3. The molecule has 0 aliphatic carbocycles. The van der Waals surface area contributed by atoms with Crippen molar-refractivity contribution in [3.05, 3.63) is 48.6 Å². The van der Waals surface area contributed by atoms with Crippen molar-refractivity contribution in [3.8, 4) is 0 Å². The number of rotatable bonds is 48. The third-order valence-corrected chi connectivity index (χ3v) is 13.2. The molecule has 0 aromatic rings. The van der Waals surface area contributed by atoms with Crippen molar-refractivity contribution < 1.29 is 49.3 Å². The lowest BCUT2D eigenvalue weighted by atomic mass is 9.99. The van der Waals surface area contributed by atoms with Gasteiger partial charge in [-0.3, -0.25) is 9.59 Å². The Morgan fingerprint density at radius 2 is 0.971 bits per heavy atom. The molecule has 11 heteroatoms. The number of nitrogens with one attached hydrogen (secondary N) is 1. The first-order valence-corrected chi connectivity index (χ1v) is 28.4. The summed E-state index contributed by atoms with van der Waals surface area (Å²) >= 11 is 0. The van der Waals surface area contributed by atoms with Crippen LogP contribution in [0.15, 0.2) is 48.6 Å². The summed E-state index contributed by atoms with van der Waals surface area (Å²) in [5, 5.41) is 54.3. The van der Waals surface area contributed by atoms with Crippen molar-refractivity contribution in [3.63, 3.8) is 0 Å². The molecule has 1 aliphatic heterocycles. The molecule has 1 fully saturated rings. The number of carbonyl (C=O) groups is 2. The molecule has 0 aromatic heterocycles. The summed E-state index contributed by atoms with van der Waals surface area (Å²) in [5.41, 5.74) is 0. The van der Waals surface area contributed by atoms with Crippen molar-refractivity contribution >= 4 is 11.9 Å². The van der Waals surface area contributed by atoms with E-state index in [1.807, 2.05) is 6.08 Å². The molecule has 402 valence electrons. The van der Waals surface area contributed by atoms with Crippen LogP contribution >= 0.6 is 0 Å². The number of carbonyl (C=O) groups excluding carboxylic acids is 2. The number of allylic oxidation sites excluding steroid dienone is 7. The third-order valence-electron chi connectivity index (χ3n) is 13.2. The second-order valence-corrected chi connectivity index (χ2v) is 19.6. The predicted octanol–water partition coefficient (Wildman–Crippen LogP) is 12.5. The Labute approximate surface area is 421 Å². The van der Waals surface area contributed by atoms with Crippen molar-refractivity contribution in [1.82, 2.24) is 5.32 Å². The van der Waals surface area contributed by atoms with Gasteiger partial charge in [0.05, 0.1) is 32.0 Å². The van der Waals surface area contributed by atoms with Crippen molar-refractivity contribution in [2.75, 3.05) is 19.8 Å². The Hall–Kier alpha value is -2.38. The summed E-state index contributed by atoms with van der Waals surface area (Å²) in [6.45, 7) is 4.24. The number of hydrogen-bond donors (Lipinski definition) is 6. The van der Waals surface area contributed by atoms with E-state index >= 15 is 0 Å². The fourth-order valence-corrected chi connectivity index (χ4v) is 8.57. The van der Waals surface area contributed by atoms with Gasteiger partial charge < -0.3 is 45.1 Å². The summed E-state index contributed by atoms with van der Waals surface area (Å²) in [5.74, 6) is -0.243. The fraction of sp³-hybridized carbons (Fsp3) is 0.828. The highest BCUT2D eigenvalue weighted by Crippen LogP contribution is 2.23. The van der Waals surface area contributed by atoms with Crippen LogP contribution in [0.3, 0.4) is 0 Å². The monoisotopic (exact) mass is 976 g/mol. The van der Waals surface area contributed by atoms with Crippen LogP contribution in [-0.4, -0.2) is 100 Å². The average molecular weight is 976 g/mol. The van der Waals surface area contributed by atoms with Gasteiger partial charge in [0, 0.05) is 12.8 Å². The lowest BCUT2D eigenvalue weighted by molar-refractivity contribution is -0.302. The number of aliphatic hydroxyl groups is 5. The molecule has 7 atom stereocenters. The van der Waals surface area contributed by atoms with Gasteiger partial charge >= 0.3 is 5.97 Å². The molecular formula is C58H105NO10. The largest absolute Gasteiger partial charge is 0.466 e. The Bertz CT molecular complexity index is 1290. The maximum atomic E-state index is 13.0. The second-order valence-electron chi connectivity index (χ2n) is 19.6. The number of amides is 1. The first kappa shape index (κ1) is 64.6. The number of hydrogen-bond acceptors (Lipinski definition) is 10. The van der Waals surface area contributed by atoms with Crippen LogP contribution < -0.4 is 5.32 Å². The molecule has 0 bridgehead atoms. The normalized spacial score (nSPS) is 19.7. The summed E-state index contributed by atoms with van der Waals surface area (Å²) in [6, 6.07) is -0.822. The van der Waals surface area contributed by atoms with E-state index in [0.717, 1.165) is 96.3 Å². The standard InChI is InChI=1S/C58H105NO10/c1-3-5-7-9-11-13-15-24-28-32-36-40-44-51(61)50(49-68-58-57(66)56(65)55(64)52(48-60)69-58)59-53(62)45-41-37-33-29-25-22-20-18-17-19-21-23-27-31-35-39-43-47-67-54(63)46-42-38-34-30-26-16-14-12-10-8-6-4-2/h12,14,17,19,23,27,40,44,50-52,55-58,60-61,64-66H,3-11,13,15-16,18,20-22,24-26,28-39,41-43,45-49H2,1-2H3,(H,59,62)/b14-12-,19-17-,27-23-,44-40+. The van der Waals surface area contributed by atoms with Crippen LogP contribution in [0.25, 0.3) is 0 Å². The Morgan fingerprint density at radius 1 is 0.536 bits per heavy atom. The van der Waals surface area contributed by atoms with Gasteiger partial charge in [0.2, 0.25) is 5.91 Å². The van der Waals surface area contributed by atoms with Crippen LogP contribution in [0.1, 0.15) is 245 Å². The van der Waals surface area contributed by atoms with E-state index in [2.05, 4.69) is 55.6 Å². The predicted molar refractivity (Wildman–Crippen MR) is 283 cm³/mol. The zero-order valence-corrected chi connectivity index (χ0v) is 44.0. The smallest absolute Gasteiger partial charge is 0.305 e. The van der Waals surface area contributed by atoms with Gasteiger partial charge in [-0.05, 0) is 96.3 Å². The highest BCUT2D eigenvalue weighted by Gasteiger charge is 2.44. The van der Waals surface area contributed by atoms with Gasteiger partial charge in [-0.25, -0.2) is 0 Å². The van der Waals surface area contributed by atoms with Gasteiger partial charge in [-0.2, -0.15) is 0 Å². The summed E-state index contributed by atoms with van der Waals surface area (Å²) in [4.78, 5) is 25.0. The molecule has 6 N–H and O–H groups in total. The molecule has 0 spiro atoms. The minimum absolute atomic E-state index is 0.0431. The van der Waals surface area contributed by atoms with E-state index < -0.39 is 49.5 Å². The van der Waals surface area contributed by atoms with Gasteiger partial charge in [0.15, 0.2) is 6.29 Å². The molecular weight excluding hydrogens is 871 g/mol. The molecule has 11 nitrogen and oxygen atoms in total. The van der Waals surface area contributed by atoms with E-state index in [1.165, 1.54) is 122 Å². The second kappa shape index (κ2) is 47.9. The van der Waals surface area contributed by atoms with Crippen molar-refractivity contribution in [2.45, 2.75) is 288 Å². The molecule has 1 aliphatic rings. The van der Waals surface area contributed by atoms with Gasteiger partial charge in [0.25, 0.3) is 0 Å². The molecule has 1 saturated heterocycles. The van der Waals surface area contributed by atoms with Gasteiger partial charge in [-0.1, -0.05) is 184 Å². The van der Waals surface area contributed by atoms with E-state index in [0.29, 0.717) is 19.4 Å². The molecule has 0 aromatic carbocycles. The molecule has 69 heavy (non-hydrogen) atoms. The van der Waals surface area contributed by atoms with E-state index in [4.69, 9.17) is 14.2 Å². The van der Waals surface area contributed by atoms with Crippen molar-refractivity contribution in [1.29, 1.82) is 0 Å². The van der Waals surface area contributed by atoms with Crippen LogP contribution in [-0.2, 0) is 23.8 Å². The van der Waals surface area contributed by atoms with Gasteiger partial charge in [0.1, 0.15) is 24.4 Å². The SMILES string of the molecule is CCCCC/C=C\CCCCCCCC(=O)OCCCCC/C=C\C/C=C\CCCCCCCCCC(=O)NC(COC1OC(CO)C(O)C(O)C1O)C(O)/C=C/CCCCCCCCCCCC. The molecule has 7 unspecified atom stereocenters. The van der Waals surface area contributed by atoms with Gasteiger partial charge in [-0.15, -0.1) is 0 Å². The zero-order chi connectivity index (χ0) is 50.3. The number of aliphatic hydroxyl groups excluding tert-OH is 5. The summed E-state index contributed by atoms with van der Waals surface area (Å²) in [7, 11) is 0. The van der Waals surface area contributed by atoms with Crippen LogP contribution in [0.4, 0.5) is 0 Å². The van der Waals surface area contributed by atoms with Crippen LogP contribution in [0, 0.1) is 0 Å². The summed E-state index contributed by atoms with van der Waals surface area (Å²) in [6.07, 6.45) is 49.0. The number of unbranched alkanes of at least 4 members (excludes halogenated alkanes) is 28. The molecule has 1 heterocycles. The molecule has 1 amide bonds. The highest BCUT2D eigenvalue weighted by molar-refractivity contribution is 5.76. The zero-order valence-electron chi connectivity index (χ0n) is 44.0. The quantitative estimate of drug-likeness (QED) is 0.0196. The minimum atomic E-state index is -1.58. The topological polar surface area (TPSA) is 175 Å². The maximum absolute atomic E-state index is 13.0. The summed E-state index contributed by atoms with van der Waals surface area (Å²) < 4.78 is 16.6. The first-order chi connectivity index (χ1) is 33.7. The third kappa shape index (κ3) is 38.0. The Kier molecular flexibility index (Phi) is 44.9. The molecule has 0 saturated carbocycles. The van der Waals surface area contributed by atoms with E-state index in [9.17, 15) is 35.1 Å². The Balaban J connectivity index is 2.15.